The minimum Gasteiger partial charge on any atom is -0.444 e. The Morgan fingerprint density at radius 3 is 2.63 bits per heavy atom. The van der Waals surface area contributed by atoms with Gasteiger partial charge in [0, 0.05) is 35.4 Å². The number of anilines is 1. The molecule has 17 heteroatoms. The predicted molar refractivity (Wildman–Crippen MR) is 207 cm³/mol. The molecule has 14 nitrogen and oxygen atoms in total. The van der Waals surface area contributed by atoms with Gasteiger partial charge in [-0.25, -0.2) is 22.6 Å². The number of halogens is 1. The third-order valence-corrected chi connectivity index (χ3v) is 14.0. The second-order valence-electron chi connectivity index (χ2n) is 15.4. The van der Waals surface area contributed by atoms with Crippen LogP contribution in [-0.4, -0.2) is 82.5 Å². The topological polar surface area (TPSA) is 191 Å². The van der Waals surface area contributed by atoms with Gasteiger partial charge in [-0.3, -0.25) is 24.0 Å². The van der Waals surface area contributed by atoms with Crippen LogP contribution in [0.1, 0.15) is 74.5 Å². The van der Waals surface area contributed by atoms with Crippen LogP contribution in [-0.2, 0) is 42.2 Å². The number of sulfonamides is 1. The van der Waals surface area contributed by atoms with Gasteiger partial charge in [-0.1, -0.05) is 49.3 Å². The number of nitrogens with zero attached hydrogens (tertiary/aromatic N) is 4. The highest BCUT2D eigenvalue weighted by atomic mass is 32.2. The van der Waals surface area contributed by atoms with Crippen molar-refractivity contribution in [3.05, 3.63) is 82.5 Å². The maximum atomic E-state index is 14.7. The highest BCUT2D eigenvalue weighted by molar-refractivity contribution is 7.91. The quantitative estimate of drug-likeness (QED) is 0.281. The Balaban J connectivity index is 1.05. The minimum absolute atomic E-state index is 0.0146. The molecule has 0 radical (unpaired) electrons. The summed E-state index contributed by atoms with van der Waals surface area (Å²) in [6, 6.07) is 11.8. The van der Waals surface area contributed by atoms with E-state index in [1.165, 1.54) is 27.2 Å². The zero-order chi connectivity index (χ0) is 39.9. The van der Waals surface area contributed by atoms with E-state index < -0.39 is 74.5 Å². The van der Waals surface area contributed by atoms with Crippen LogP contribution in [0.25, 0.3) is 11.3 Å². The van der Waals surface area contributed by atoms with Crippen molar-refractivity contribution >= 4 is 50.3 Å². The summed E-state index contributed by atoms with van der Waals surface area (Å²) in [5.74, 6) is -2.78. The molecule has 3 N–H and O–H groups in total. The predicted octanol–water partition coefficient (Wildman–Crippen LogP) is 4.73. The molecule has 8 rings (SSSR count). The zero-order valence-corrected chi connectivity index (χ0v) is 32.6. The standard InChI is InChI=1S/C40H42FN7O7S2/c41-31-9-6-7-26-20-47(22-30(26)31)39(52)55-28-17-34-35(49)45-40(37(51)46-57(53,54)29-15-16-29)18-27(40)8-4-2-1-3-5-10-32(36(50)48(34)21-28)43-38-44-33(23-56-38)25-13-11-24(19-42)12-14-25/h4,6-9,11-14,23,27-29,32,34H,1-3,5,10,15-18,20-22H2,(H,43,44)(H,45,49)(H,46,51)/t27-,28-,32+,34+,40-/m1/s1. The number of nitriles is 1. The summed E-state index contributed by atoms with van der Waals surface area (Å²) in [7, 11) is -3.92. The average molecular weight is 816 g/mol. The van der Waals surface area contributed by atoms with Crippen molar-refractivity contribution < 1.29 is 36.7 Å². The van der Waals surface area contributed by atoms with Crippen molar-refractivity contribution in [2.45, 2.75) is 99.9 Å². The molecular formula is C40H42FN7O7S2. The number of aromatic nitrogens is 1. The second kappa shape index (κ2) is 15.5. The van der Waals surface area contributed by atoms with Crippen LogP contribution in [0.3, 0.4) is 0 Å². The van der Waals surface area contributed by atoms with Crippen molar-refractivity contribution in [1.82, 2.24) is 24.8 Å². The van der Waals surface area contributed by atoms with Gasteiger partial charge >= 0.3 is 6.09 Å². The number of carbonyl (C=O) groups is 4. The van der Waals surface area contributed by atoms with Crippen LogP contribution in [0.15, 0.2) is 60.0 Å². The van der Waals surface area contributed by atoms with Crippen molar-refractivity contribution in [2.75, 3.05) is 11.9 Å². The van der Waals surface area contributed by atoms with Crippen molar-refractivity contribution in [1.29, 1.82) is 5.26 Å². The van der Waals surface area contributed by atoms with Crippen LogP contribution in [0.4, 0.5) is 14.3 Å². The molecule has 0 unspecified atom stereocenters. The number of carbonyl (C=O) groups excluding carboxylic acids is 4. The molecule has 4 heterocycles. The Labute approximate surface area is 333 Å². The molecular weight excluding hydrogens is 774 g/mol. The molecule has 4 amide bonds. The lowest BCUT2D eigenvalue weighted by Gasteiger charge is -2.29. The van der Waals surface area contributed by atoms with Gasteiger partial charge in [-0.05, 0) is 62.3 Å². The number of thiazole rings is 1. The van der Waals surface area contributed by atoms with Crippen LogP contribution in [0.5, 0.6) is 0 Å². The lowest BCUT2D eigenvalue weighted by molar-refractivity contribution is -0.140. The van der Waals surface area contributed by atoms with E-state index in [0.29, 0.717) is 59.6 Å². The molecule has 2 saturated carbocycles. The third kappa shape index (κ3) is 8.10. The Morgan fingerprint density at radius 2 is 1.88 bits per heavy atom. The molecule has 2 aromatic carbocycles. The van der Waals surface area contributed by atoms with E-state index in [2.05, 4.69) is 21.4 Å². The molecule has 1 aromatic heterocycles. The first-order chi connectivity index (χ1) is 27.4. The number of hydrogen-bond acceptors (Lipinski definition) is 11. The Bertz CT molecular complexity index is 2270. The molecule has 5 aliphatic rings. The summed E-state index contributed by atoms with van der Waals surface area (Å²) in [5, 5.41) is 17.0. The van der Waals surface area contributed by atoms with E-state index in [0.717, 1.165) is 18.4 Å². The summed E-state index contributed by atoms with van der Waals surface area (Å²) in [6.45, 7) is 0.0371. The second-order valence-corrected chi connectivity index (χ2v) is 18.2. The van der Waals surface area contributed by atoms with Gasteiger partial charge in [0.1, 0.15) is 29.5 Å². The Kier molecular flexibility index (Phi) is 10.5. The highest BCUT2D eigenvalue weighted by Crippen LogP contribution is 2.46. The number of rotatable bonds is 7. The minimum atomic E-state index is -3.92. The van der Waals surface area contributed by atoms with Gasteiger partial charge in [-0.15, -0.1) is 11.3 Å². The van der Waals surface area contributed by atoms with E-state index in [1.54, 1.807) is 36.4 Å². The van der Waals surface area contributed by atoms with Gasteiger partial charge in [0.15, 0.2) is 5.13 Å². The highest BCUT2D eigenvalue weighted by Gasteiger charge is 2.62. The number of nitrogens with one attached hydrogen (secondary N) is 3. The Morgan fingerprint density at radius 1 is 1.07 bits per heavy atom. The average Bonchev–Trinajstić information content (AvgIpc) is 3.99. The fourth-order valence-corrected chi connectivity index (χ4v) is 10.0. The van der Waals surface area contributed by atoms with Crippen molar-refractivity contribution in [2.24, 2.45) is 5.92 Å². The lowest BCUT2D eigenvalue weighted by atomic mass is 10.1. The number of allylic oxidation sites excluding steroid dienone is 1. The number of benzene rings is 2. The summed E-state index contributed by atoms with van der Waals surface area (Å²) >= 11 is 1.31. The molecule has 3 aliphatic heterocycles. The molecule has 298 valence electrons. The summed E-state index contributed by atoms with van der Waals surface area (Å²) in [6.07, 6.45) is 6.56. The largest absolute Gasteiger partial charge is 0.444 e. The van der Waals surface area contributed by atoms with Gasteiger partial charge in [-0.2, -0.15) is 5.26 Å². The SMILES string of the molecule is N#Cc1ccc(-c2csc(N[C@H]3CCCCCC=C[C@@H]4C[C@@]4(C(=O)NS(=O)(=O)C4CC4)NC(=O)[C@@H]4C[C@@H](OC(=O)N5Cc6cccc(F)c6C5)CN4C3=O)n2)cc1. The molecule has 3 aromatic rings. The first kappa shape index (κ1) is 38.5. The van der Waals surface area contributed by atoms with Crippen LogP contribution in [0, 0.1) is 23.1 Å². The van der Waals surface area contributed by atoms with Crippen LogP contribution >= 0.6 is 11.3 Å². The molecule has 57 heavy (non-hydrogen) atoms. The summed E-state index contributed by atoms with van der Waals surface area (Å²) in [5.41, 5.74) is 1.50. The van der Waals surface area contributed by atoms with Gasteiger partial charge in [0.05, 0.1) is 35.7 Å². The van der Waals surface area contributed by atoms with Crippen LogP contribution in [0.2, 0.25) is 0 Å². The molecule has 0 spiro atoms. The first-order valence-corrected chi connectivity index (χ1v) is 21.7. The summed E-state index contributed by atoms with van der Waals surface area (Å²) in [4.78, 5) is 63.7. The first-order valence-electron chi connectivity index (χ1n) is 19.2. The van der Waals surface area contributed by atoms with Gasteiger partial charge in [0.25, 0.3) is 5.91 Å². The van der Waals surface area contributed by atoms with Crippen molar-refractivity contribution in [3.63, 3.8) is 0 Å². The molecule has 5 atom stereocenters. The molecule has 3 fully saturated rings. The fourth-order valence-electron chi connectivity index (χ4n) is 7.91. The van der Waals surface area contributed by atoms with E-state index >= 15 is 0 Å². The normalized spacial score (nSPS) is 26.2. The van der Waals surface area contributed by atoms with E-state index in [9.17, 15) is 37.2 Å². The van der Waals surface area contributed by atoms with E-state index in [4.69, 9.17) is 9.72 Å². The van der Waals surface area contributed by atoms with E-state index in [-0.39, 0.29) is 32.5 Å². The molecule has 1 saturated heterocycles. The maximum absolute atomic E-state index is 14.7. The smallest absolute Gasteiger partial charge is 0.410 e. The van der Waals surface area contributed by atoms with E-state index in [1.807, 2.05) is 17.5 Å². The number of fused-ring (bicyclic) bond motifs is 3. The molecule has 0 bridgehead atoms. The number of hydrogen-bond donors (Lipinski definition) is 3. The monoisotopic (exact) mass is 815 g/mol. The number of ether oxygens (including phenoxy) is 1. The fraction of sp³-hybridized carbons (Fsp3) is 0.450. The zero-order valence-electron chi connectivity index (χ0n) is 31.0. The van der Waals surface area contributed by atoms with Gasteiger partial charge in [0.2, 0.25) is 21.8 Å². The maximum Gasteiger partial charge on any atom is 0.410 e. The van der Waals surface area contributed by atoms with Gasteiger partial charge < -0.3 is 20.3 Å². The number of amides is 4. The Hall–Kier alpha value is -5.34. The molecule has 2 aliphatic carbocycles. The van der Waals surface area contributed by atoms with Crippen molar-refractivity contribution in [3.8, 4) is 17.3 Å². The van der Waals surface area contributed by atoms with Crippen LogP contribution < -0.4 is 15.4 Å². The lowest BCUT2D eigenvalue weighted by Crippen LogP contribution is -2.57. The third-order valence-electron chi connectivity index (χ3n) is 11.4. The summed E-state index contributed by atoms with van der Waals surface area (Å²) < 4.78 is 48.3.